The van der Waals surface area contributed by atoms with Crippen LogP contribution in [0.25, 0.3) is 11.4 Å². The summed E-state index contributed by atoms with van der Waals surface area (Å²) < 4.78 is 2.15. The molecule has 0 unspecified atom stereocenters. The standard InChI is InChI=1S/C17H22N4O.2ClH/c1-2-3-10-21-11-9-19-15(21)13-5-4-6-14(12-13)20-16(22)17(18)7-8-17;;/h4-6,9,11-12H,2-3,7-8,10,18H2,1H3,(H,20,22);2*1H. The van der Waals surface area contributed by atoms with Crippen LogP contribution in [0.5, 0.6) is 0 Å². The number of halogens is 2. The molecule has 7 heteroatoms. The molecule has 0 atom stereocenters. The van der Waals surface area contributed by atoms with Gasteiger partial charge in [-0.2, -0.15) is 0 Å². The summed E-state index contributed by atoms with van der Waals surface area (Å²) in [7, 11) is 0. The fourth-order valence-corrected chi connectivity index (χ4v) is 2.43. The van der Waals surface area contributed by atoms with Crippen molar-refractivity contribution in [3.63, 3.8) is 0 Å². The fourth-order valence-electron chi connectivity index (χ4n) is 2.43. The molecule has 5 nitrogen and oxygen atoms in total. The van der Waals surface area contributed by atoms with Crippen LogP contribution in [0.15, 0.2) is 36.7 Å². The van der Waals surface area contributed by atoms with Gasteiger partial charge in [0.2, 0.25) is 5.91 Å². The van der Waals surface area contributed by atoms with Crippen molar-refractivity contribution >= 4 is 36.4 Å². The zero-order valence-corrected chi connectivity index (χ0v) is 15.3. The Hall–Kier alpha value is -1.56. The van der Waals surface area contributed by atoms with E-state index in [-0.39, 0.29) is 30.7 Å². The third-order valence-corrected chi connectivity index (χ3v) is 4.09. The molecule has 0 aliphatic heterocycles. The van der Waals surface area contributed by atoms with Crippen molar-refractivity contribution in [2.45, 2.75) is 44.7 Å². The number of amides is 1. The molecule has 24 heavy (non-hydrogen) atoms. The molecule has 1 heterocycles. The van der Waals surface area contributed by atoms with Crippen molar-refractivity contribution in [1.29, 1.82) is 0 Å². The van der Waals surface area contributed by atoms with Crippen molar-refractivity contribution in [1.82, 2.24) is 9.55 Å². The zero-order chi connectivity index (χ0) is 15.6. The van der Waals surface area contributed by atoms with Crippen LogP contribution in [0.3, 0.4) is 0 Å². The molecule has 1 aromatic heterocycles. The van der Waals surface area contributed by atoms with Crippen LogP contribution in [0, 0.1) is 0 Å². The fraction of sp³-hybridized carbons (Fsp3) is 0.412. The van der Waals surface area contributed by atoms with E-state index < -0.39 is 5.54 Å². The first-order valence-electron chi connectivity index (χ1n) is 7.84. The van der Waals surface area contributed by atoms with E-state index in [0.29, 0.717) is 0 Å². The number of anilines is 1. The molecule has 1 aliphatic carbocycles. The van der Waals surface area contributed by atoms with Crippen molar-refractivity contribution in [2.24, 2.45) is 5.73 Å². The number of nitrogens with zero attached hydrogens (tertiary/aromatic N) is 2. The number of rotatable bonds is 6. The Balaban J connectivity index is 0.00000144. The summed E-state index contributed by atoms with van der Waals surface area (Å²) in [6.07, 6.45) is 7.60. The molecule has 0 radical (unpaired) electrons. The highest BCUT2D eigenvalue weighted by Gasteiger charge is 2.45. The number of carbonyl (C=O) groups is 1. The number of unbranched alkanes of at least 4 members (excludes halogenated alkanes) is 1. The monoisotopic (exact) mass is 370 g/mol. The second-order valence-corrected chi connectivity index (χ2v) is 5.99. The van der Waals surface area contributed by atoms with Crippen molar-refractivity contribution in [3.05, 3.63) is 36.7 Å². The Bertz CT molecular complexity index is 683. The van der Waals surface area contributed by atoms with E-state index in [2.05, 4.69) is 21.8 Å². The van der Waals surface area contributed by atoms with Gasteiger partial charge in [-0.3, -0.25) is 4.79 Å². The normalized spacial score (nSPS) is 14.2. The van der Waals surface area contributed by atoms with E-state index >= 15 is 0 Å². The van der Waals surface area contributed by atoms with Gasteiger partial charge in [-0.25, -0.2) is 4.98 Å². The quantitative estimate of drug-likeness (QED) is 0.815. The second kappa shape index (κ2) is 8.51. The Kier molecular flexibility index (Phi) is 7.27. The molecule has 0 bridgehead atoms. The number of hydrogen-bond acceptors (Lipinski definition) is 3. The molecule has 1 aromatic carbocycles. The lowest BCUT2D eigenvalue weighted by atomic mass is 10.1. The number of benzene rings is 1. The first-order valence-corrected chi connectivity index (χ1v) is 7.84. The van der Waals surface area contributed by atoms with Gasteiger partial charge in [0.15, 0.2) is 0 Å². The van der Waals surface area contributed by atoms with E-state index in [4.69, 9.17) is 5.73 Å². The maximum atomic E-state index is 12.0. The van der Waals surface area contributed by atoms with Crippen LogP contribution >= 0.6 is 24.8 Å². The minimum atomic E-state index is -0.657. The predicted octanol–water partition coefficient (Wildman–Crippen LogP) is 3.62. The number of nitrogens with one attached hydrogen (secondary N) is 1. The minimum absolute atomic E-state index is 0. The highest BCUT2D eigenvalue weighted by Crippen LogP contribution is 2.33. The second-order valence-electron chi connectivity index (χ2n) is 5.99. The average Bonchev–Trinajstić information content (AvgIpc) is 3.11. The van der Waals surface area contributed by atoms with Gasteiger partial charge in [0, 0.05) is 30.2 Å². The van der Waals surface area contributed by atoms with Gasteiger partial charge < -0.3 is 15.6 Å². The van der Waals surface area contributed by atoms with E-state index in [9.17, 15) is 4.79 Å². The maximum absolute atomic E-state index is 12.0. The molecule has 1 fully saturated rings. The zero-order valence-electron chi connectivity index (χ0n) is 13.7. The van der Waals surface area contributed by atoms with Crippen molar-refractivity contribution in [2.75, 3.05) is 5.32 Å². The van der Waals surface area contributed by atoms with Crippen molar-refractivity contribution < 1.29 is 4.79 Å². The van der Waals surface area contributed by atoms with E-state index in [0.717, 1.165) is 49.3 Å². The lowest BCUT2D eigenvalue weighted by Crippen LogP contribution is -2.37. The van der Waals surface area contributed by atoms with Crippen LogP contribution in [0.1, 0.15) is 32.6 Å². The Morgan fingerprint density at radius 2 is 2.12 bits per heavy atom. The molecule has 3 N–H and O–H groups in total. The van der Waals surface area contributed by atoms with Crippen LogP contribution in [-0.4, -0.2) is 21.0 Å². The number of hydrogen-bond donors (Lipinski definition) is 2. The topological polar surface area (TPSA) is 72.9 Å². The number of aryl methyl sites for hydroxylation is 1. The molecule has 3 rings (SSSR count). The SMILES string of the molecule is CCCCn1ccnc1-c1cccc(NC(=O)C2(N)CC2)c1.Cl.Cl. The van der Waals surface area contributed by atoms with Gasteiger partial charge in [0.05, 0.1) is 5.54 Å². The van der Waals surface area contributed by atoms with Gasteiger partial charge in [-0.05, 0) is 31.4 Å². The minimum Gasteiger partial charge on any atom is -0.331 e. The van der Waals surface area contributed by atoms with Gasteiger partial charge in [-0.1, -0.05) is 25.5 Å². The van der Waals surface area contributed by atoms with E-state index in [1.807, 2.05) is 36.7 Å². The van der Waals surface area contributed by atoms with Crippen LogP contribution in [0.4, 0.5) is 5.69 Å². The Labute approximate surface area is 154 Å². The molecule has 0 saturated heterocycles. The van der Waals surface area contributed by atoms with Crippen LogP contribution in [-0.2, 0) is 11.3 Å². The van der Waals surface area contributed by atoms with Gasteiger partial charge in [0.25, 0.3) is 0 Å². The molecule has 132 valence electrons. The third kappa shape index (κ3) is 4.50. The number of aromatic nitrogens is 2. The summed E-state index contributed by atoms with van der Waals surface area (Å²) in [6.45, 7) is 3.13. The van der Waals surface area contributed by atoms with Crippen LogP contribution in [0.2, 0.25) is 0 Å². The largest absolute Gasteiger partial charge is 0.331 e. The lowest BCUT2D eigenvalue weighted by molar-refractivity contribution is -0.118. The molecule has 1 amide bonds. The number of nitrogens with two attached hydrogens (primary N) is 1. The summed E-state index contributed by atoms with van der Waals surface area (Å²) >= 11 is 0. The molecule has 1 saturated carbocycles. The number of imidazole rings is 1. The smallest absolute Gasteiger partial charge is 0.244 e. The lowest BCUT2D eigenvalue weighted by Gasteiger charge is -2.12. The molecular weight excluding hydrogens is 347 g/mol. The Morgan fingerprint density at radius 1 is 1.38 bits per heavy atom. The molecular formula is C17H24Cl2N4O. The first kappa shape index (κ1) is 20.5. The molecule has 1 aliphatic rings. The van der Waals surface area contributed by atoms with Gasteiger partial charge >= 0.3 is 0 Å². The highest BCUT2D eigenvalue weighted by atomic mass is 35.5. The summed E-state index contributed by atoms with van der Waals surface area (Å²) in [5.74, 6) is 0.831. The van der Waals surface area contributed by atoms with Crippen LogP contribution < -0.4 is 11.1 Å². The first-order chi connectivity index (χ1) is 10.6. The van der Waals surface area contributed by atoms with E-state index in [1.54, 1.807) is 0 Å². The predicted molar refractivity (Wildman–Crippen MR) is 102 cm³/mol. The van der Waals surface area contributed by atoms with Gasteiger partial charge in [0.1, 0.15) is 5.82 Å². The van der Waals surface area contributed by atoms with E-state index in [1.165, 1.54) is 0 Å². The summed E-state index contributed by atoms with van der Waals surface area (Å²) in [4.78, 5) is 16.5. The summed E-state index contributed by atoms with van der Waals surface area (Å²) in [6, 6.07) is 7.77. The van der Waals surface area contributed by atoms with Crippen molar-refractivity contribution in [3.8, 4) is 11.4 Å². The third-order valence-electron chi connectivity index (χ3n) is 4.09. The number of carbonyl (C=O) groups excluding carboxylic acids is 1. The molecule has 0 spiro atoms. The molecule has 2 aromatic rings. The maximum Gasteiger partial charge on any atom is 0.244 e. The average molecular weight is 371 g/mol. The van der Waals surface area contributed by atoms with Gasteiger partial charge in [-0.15, -0.1) is 24.8 Å². The summed E-state index contributed by atoms with van der Waals surface area (Å²) in [5.41, 5.74) is 7.03. The summed E-state index contributed by atoms with van der Waals surface area (Å²) in [5, 5.41) is 2.91. The highest BCUT2D eigenvalue weighted by molar-refractivity contribution is 6.00. The Morgan fingerprint density at radius 3 is 2.79 bits per heavy atom.